The monoisotopic (exact) mass is 256 g/mol. The molecule has 0 saturated carbocycles. The number of nitrogens with zero attached hydrogens (tertiary/aromatic N) is 2. The Labute approximate surface area is 109 Å². The molecule has 1 amide bonds. The Morgan fingerprint density at radius 1 is 1.63 bits per heavy atom. The highest BCUT2D eigenvalue weighted by atomic mass is 16.1. The van der Waals surface area contributed by atoms with Gasteiger partial charge in [-0.15, -0.1) is 0 Å². The van der Waals surface area contributed by atoms with E-state index in [-0.39, 0.29) is 11.6 Å². The quantitative estimate of drug-likeness (QED) is 0.356. The number of nitrogens with two attached hydrogens (primary N) is 1. The van der Waals surface area contributed by atoms with Crippen molar-refractivity contribution >= 4 is 23.1 Å². The van der Waals surface area contributed by atoms with Gasteiger partial charge in [-0.05, 0) is 18.6 Å². The molecule has 0 spiro atoms. The van der Waals surface area contributed by atoms with E-state index in [1.807, 2.05) is 6.92 Å². The van der Waals surface area contributed by atoms with Gasteiger partial charge in [0, 0.05) is 17.7 Å². The first kappa shape index (κ1) is 12.6. The zero-order valence-electron chi connectivity index (χ0n) is 10.2. The summed E-state index contributed by atoms with van der Waals surface area (Å²) in [6.45, 7) is 2.27. The highest BCUT2D eigenvalue weighted by Crippen LogP contribution is 2.27. The van der Waals surface area contributed by atoms with Crippen molar-refractivity contribution in [2.45, 2.75) is 13.5 Å². The van der Waals surface area contributed by atoms with Gasteiger partial charge in [-0.2, -0.15) is 10.4 Å². The fourth-order valence-electron chi connectivity index (χ4n) is 1.84. The number of carbonyl (C=O) groups excluding carboxylic acids is 1. The number of amidine groups is 1. The van der Waals surface area contributed by atoms with E-state index in [4.69, 9.17) is 16.4 Å². The van der Waals surface area contributed by atoms with Crippen molar-refractivity contribution in [2.24, 2.45) is 10.8 Å². The summed E-state index contributed by atoms with van der Waals surface area (Å²) in [5.74, 6) is -0.538. The van der Waals surface area contributed by atoms with Crippen molar-refractivity contribution in [2.75, 3.05) is 5.43 Å². The molecule has 19 heavy (non-hydrogen) atoms. The fraction of sp³-hybridized carbons (Fsp3) is 0.167. The number of benzene rings is 1. The average molecular weight is 256 g/mol. The minimum Gasteiger partial charge on any atom is -0.382 e. The van der Waals surface area contributed by atoms with Gasteiger partial charge in [-0.1, -0.05) is 6.07 Å². The van der Waals surface area contributed by atoms with Gasteiger partial charge in [0.05, 0.1) is 5.69 Å². The van der Waals surface area contributed by atoms with E-state index >= 15 is 0 Å². The predicted octanol–water partition coefficient (Wildman–Crippen LogP) is 0.466. The number of nitriles is 1. The molecular formula is C12H12N6O. The molecular weight excluding hydrogens is 244 g/mol. The zero-order chi connectivity index (χ0) is 14.0. The highest BCUT2D eigenvalue weighted by molar-refractivity contribution is 6.45. The van der Waals surface area contributed by atoms with E-state index in [1.165, 1.54) is 0 Å². The summed E-state index contributed by atoms with van der Waals surface area (Å²) in [4.78, 5) is 11.6. The molecule has 0 fully saturated rings. The smallest absolute Gasteiger partial charge is 0.251 e. The molecule has 0 aromatic heterocycles. The van der Waals surface area contributed by atoms with Crippen molar-refractivity contribution in [3.05, 3.63) is 28.8 Å². The lowest BCUT2D eigenvalue weighted by molar-refractivity contribution is 0.0966. The molecule has 0 atom stereocenters. The molecule has 0 bridgehead atoms. The lowest BCUT2D eigenvalue weighted by Crippen LogP contribution is -2.22. The van der Waals surface area contributed by atoms with Crippen LogP contribution in [0.3, 0.4) is 0 Å². The standard InChI is InChI=1S/C12H12N6O/c1-6-2-3-7-8(5-16-12(7)19)10(6)18-17-9(4-13)11(14)15/h2-3,18H,5H2,1H3,(H3,14,15)(H,16,19)/b17-9+. The normalized spacial score (nSPS) is 13.5. The molecule has 0 aliphatic carbocycles. The lowest BCUT2D eigenvalue weighted by atomic mass is 10.0. The number of nitrogens with one attached hydrogen (secondary N) is 3. The van der Waals surface area contributed by atoms with Gasteiger partial charge in [0.15, 0.2) is 5.84 Å². The third-order valence-corrected chi connectivity index (χ3v) is 2.83. The number of hydrogen-bond donors (Lipinski definition) is 4. The Balaban J connectivity index is 2.40. The summed E-state index contributed by atoms with van der Waals surface area (Å²) < 4.78 is 0. The maximum absolute atomic E-state index is 11.6. The van der Waals surface area contributed by atoms with E-state index < -0.39 is 5.84 Å². The summed E-state index contributed by atoms with van der Waals surface area (Å²) in [6.07, 6.45) is 0. The third kappa shape index (κ3) is 2.24. The number of fused-ring (bicyclic) bond motifs is 1. The molecule has 1 aromatic rings. The minimum atomic E-state index is -0.408. The first-order valence-corrected chi connectivity index (χ1v) is 5.53. The Morgan fingerprint density at radius 2 is 2.37 bits per heavy atom. The second-order valence-corrected chi connectivity index (χ2v) is 4.06. The summed E-state index contributed by atoms with van der Waals surface area (Å²) in [5, 5.41) is 22.5. The van der Waals surface area contributed by atoms with Gasteiger partial charge in [0.2, 0.25) is 5.71 Å². The summed E-state index contributed by atoms with van der Waals surface area (Å²) in [6, 6.07) is 5.26. The molecule has 1 heterocycles. The fourth-order valence-corrected chi connectivity index (χ4v) is 1.84. The van der Waals surface area contributed by atoms with Crippen LogP contribution in [0.2, 0.25) is 0 Å². The van der Waals surface area contributed by atoms with Gasteiger partial charge in [-0.25, -0.2) is 0 Å². The number of rotatable bonds is 3. The SMILES string of the molecule is Cc1ccc2c(c1N/N=C(\C#N)C(=N)N)CNC2=O. The molecule has 1 aliphatic heterocycles. The van der Waals surface area contributed by atoms with Crippen LogP contribution in [0.4, 0.5) is 5.69 Å². The van der Waals surface area contributed by atoms with Crippen molar-refractivity contribution in [3.8, 4) is 6.07 Å². The second kappa shape index (κ2) is 4.78. The van der Waals surface area contributed by atoms with Crippen LogP contribution in [0.5, 0.6) is 0 Å². The highest BCUT2D eigenvalue weighted by Gasteiger charge is 2.22. The van der Waals surface area contributed by atoms with Crippen LogP contribution in [-0.4, -0.2) is 17.5 Å². The van der Waals surface area contributed by atoms with Gasteiger partial charge in [-0.3, -0.25) is 15.6 Å². The molecule has 0 radical (unpaired) electrons. The Kier molecular flexibility index (Phi) is 3.16. The van der Waals surface area contributed by atoms with Gasteiger partial charge >= 0.3 is 0 Å². The van der Waals surface area contributed by atoms with Crippen LogP contribution in [0.15, 0.2) is 17.2 Å². The van der Waals surface area contributed by atoms with E-state index in [0.717, 1.165) is 11.1 Å². The maximum Gasteiger partial charge on any atom is 0.251 e. The van der Waals surface area contributed by atoms with Crippen molar-refractivity contribution in [3.63, 3.8) is 0 Å². The van der Waals surface area contributed by atoms with E-state index in [1.54, 1.807) is 18.2 Å². The number of aryl methyl sites for hydroxylation is 1. The van der Waals surface area contributed by atoms with Crippen LogP contribution >= 0.6 is 0 Å². The summed E-state index contributed by atoms with van der Waals surface area (Å²) >= 11 is 0. The van der Waals surface area contributed by atoms with Gasteiger partial charge in [0.1, 0.15) is 6.07 Å². The maximum atomic E-state index is 11.6. The first-order valence-electron chi connectivity index (χ1n) is 5.53. The van der Waals surface area contributed by atoms with Crippen LogP contribution in [-0.2, 0) is 6.54 Å². The largest absolute Gasteiger partial charge is 0.382 e. The number of hydrazone groups is 1. The van der Waals surface area contributed by atoms with Crippen molar-refractivity contribution in [1.29, 1.82) is 10.7 Å². The molecule has 1 aromatic carbocycles. The van der Waals surface area contributed by atoms with Gasteiger partial charge < -0.3 is 11.1 Å². The Bertz CT molecular complexity index is 640. The number of amides is 1. The number of hydrogen-bond acceptors (Lipinski definition) is 5. The van der Waals surface area contributed by atoms with Crippen LogP contribution in [0.25, 0.3) is 0 Å². The molecule has 96 valence electrons. The predicted molar refractivity (Wildman–Crippen MR) is 70.9 cm³/mol. The second-order valence-electron chi connectivity index (χ2n) is 4.06. The minimum absolute atomic E-state index is 0.130. The molecule has 5 N–H and O–H groups in total. The first-order chi connectivity index (χ1) is 9.04. The molecule has 7 heteroatoms. The molecule has 7 nitrogen and oxygen atoms in total. The molecule has 2 rings (SSSR count). The molecule has 1 aliphatic rings. The zero-order valence-corrected chi connectivity index (χ0v) is 10.2. The third-order valence-electron chi connectivity index (χ3n) is 2.83. The van der Waals surface area contributed by atoms with E-state index in [0.29, 0.717) is 17.8 Å². The summed E-state index contributed by atoms with van der Waals surface area (Å²) in [5.41, 5.74) is 10.7. The van der Waals surface area contributed by atoms with Crippen LogP contribution in [0, 0.1) is 23.7 Å². The van der Waals surface area contributed by atoms with Crippen LogP contribution in [0.1, 0.15) is 21.5 Å². The lowest BCUT2D eigenvalue weighted by Gasteiger charge is -2.09. The summed E-state index contributed by atoms with van der Waals surface area (Å²) in [7, 11) is 0. The van der Waals surface area contributed by atoms with Gasteiger partial charge in [0.25, 0.3) is 5.91 Å². The topological polar surface area (TPSA) is 127 Å². The number of anilines is 1. The van der Waals surface area contributed by atoms with E-state index in [2.05, 4.69) is 15.8 Å². The average Bonchev–Trinajstić information content (AvgIpc) is 2.74. The molecule has 0 unspecified atom stereocenters. The van der Waals surface area contributed by atoms with Crippen molar-refractivity contribution < 1.29 is 4.79 Å². The Morgan fingerprint density at radius 3 is 3.00 bits per heavy atom. The van der Waals surface area contributed by atoms with Crippen LogP contribution < -0.4 is 16.5 Å². The Hall–Kier alpha value is -2.88. The van der Waals surface area contributed by atoms with Crippen molar-refractivity contribution in [1.82, 2.24) is 5.32 Å². The molecule has 0 saturated heterocycles. The number of carbonyl (C=O) groups is 1. The van der Waals surface area contributed by atoms with E-state index in [9.17, 15) is 4.79 Å².